The van der Waals surface area contributed by atoms with Crippen LogP contribution in [0.25, 0.3) is 0 Å². The molecule has 2 N–H and O–H groups in total. The number of hydrogen-bond acceptors (Lipinski definition) is 2. The monoisotopic (exact) mass is 390 g/mol. The van der Waals surface area contributed by atoms with Gasteiger partial charge in [0.25, 0.3) is 5.91 Å². The maximum atomic E-state index is 13.0. The number of nitrogens with one attached hydrogen (secondary N) is 2. The quantitative estimate of drug-likeness (QED) is 0.772. The predicted molar refractivity (Wildman–Crippen MR) is 83.7 cm³/mol. The normalized spacial score (nSPS) is 11.8. The van der Waals surface area contributed by atoms with Gasteiger partial charge in [-0.2, -0.15) is 26.3 Å². The zero-order valence-corrected chi connectivity index (χ0v) is 13.4. The molecule has 0 unspecified atom stereocenters. The van der Waals surface area contributed by atoms with Crippen molar-refractivity contribution >= 4 is 17.5 Å². The third-order valence-corrected chi connectivity index (χ3v) is 3.44. The van der Waals surface area contributed by atoms with E-state index in [1.165, 1.54) is 30.3 Å². The Kier molecular flexibility index (Phi) is 5.77. The molecule has 0 saturated heterocycles. The number of rotatable bonds is 4. The molecule has 10 heteroatoms. The molecular formula is C17H12F6N2O2. The third-order valence-electron chi connectivity index (χ3n) is 3.44. The number of carbonyl (C=O) groups excluding carboxylic acids is 2. The number of benzene rings is 2. The lowest BCUT2D eigenvalue weighted by Gasteiger charge is -2.15. The second-order valence-electron chi connectivity index (χ2n) is 5.34. The fourth-order valence-corrected chi connectivity index (χ4v) is 2.19. The molecule has 4 nitrogen and oxygen atoms in total. The van der Waals surface area contributed by atoms with Gasteiger partial charge in [-0.05, 0) is 23.8 Å². The zero-order chi connectivity index (χ0) is 20.2. The molecule has 2 rings (SSSR count). The van der Waals surface area contributed by atoms with Gasteiger partial charge in [0.2, 0.25) is 0 Å². The molecule has 2 aromatic carbocycles. The van der Waals surface area contributed by atoms with Crippen LogP contribution in [-0.2, 0) is 17.5 Å². The fraction of sp³-hybridized carbons (Fsp3) is 0.176. The van der Waals surface area contributed by atoms with Gasteiger partial charge in [-0.1, -0.05) is 30.3 Å². The first-order chi connectivity index (χ1) is 12.5. The van der Waals surface area contributed by atoms with Crippen LogP contribution in [0.5, 0.6) is 0 Å². The molecule has 0 fully saturated rings. The van der Waals surface area contributed by atoms with Crippen molar-refractivity contribution in [3.8, 4) is 0 Å². The lowest BCUT2D eigenvalue weighted by molar-refractivity contribution is -0.173. The number of carbonyl (C=O) groups is 2. The zero-order valence-electron chi connectivity index (χ0n) is 13.4. The smallest absolute Gasteiger partial charge is 0.344 e. The van der Waals surface area contributed by atoms with Crippen molar-refractivity contribution in [1.82, 2.24) is 5.32 Å². The van der Waals surface area contributed by atoms with Gasteiger partial charge in [0, 0.05) is 12.2 Å². The Morgan fingerprint density at radius 3 is 2.07 bits per heavy atom. The van der Waals surface area contributed by atoms with Crippen LogP contribution in [0.2, 0.25) is 0 Å². The summed E-state index contributed by atoms with van der Waals surface area (Å²) in [6, 6.07) is 9.58. The van der Waals surface area contributed by atoms with E-state index in [0.717, 1.165) is 18.2 Å². The molecule has 0 aromatic heterocycles. The van der Waals surface area contributed by atoms with Crippen LogP contribution in [0.3, 0.4) is 0 Å². The Hall–Kier alpha value is -3.04. The molecule has 144 valence electrons. The minimum atomic E-state index is -5.08. The fourth-order valence-electron chi connectivity index (χ4n) is 2.19. The number of alkyl halides is 6. The summed E-state index contributed by atoms with van der Waals surface area (Å²) in [7, 11) is 0. The number of hydrogen-bond donors (Lipinski definition) is 2. The molecule has 2 amide bonds. The number of anilines is 1. The maximum Gasteiger partial charge on any atom is 0.471 e. The summed E-state index contributed by atoms with van der Waals surface area (Å²) in [4.78, 5) is 23.2. The highest BCUT2D eigenvalue weighted by Crippen LogP contribution is 2.32. The van der Waals surface area contributed by atoms with E-state index in [9.17, 15) is 35.9 Å². The van der Waals surface area contributed by atoms with Gasteiger partial charge < -0.3 is 10.6 Å². The molecular weight excluding hydrogens is 378 g/mol. The van der Waals surface area contributed by atoms with Gasteiger partial charge in [-0.3, -0.25) is 9.59 Å². The van der Waals surface area contributed by atoms with Crippen LogP contribution < -0.4 is 10.6 Å². The summed E-state index contributed by atoms with van der Waals surface area (Å²) in [6.45, 7) is -0.574. The standard InChI is InChI=1S/C17H12F6N2O2/c18-16(19,20)12-7-3-2-6-11(12)14(26)25-13-8-4-1-5-10(13)9-24-15(27)17(21,22)23/h1-8H,9H2,(H,24,27)(H,25,26). The van der Waals surface area contributed by atoms with Gasteiger partial charge in [-0.25, -0.2) is 0 Å². The van der Waals surface area contributed by atoms with Crippen molar-refractivity contribution in [2.24, 2.45) is 0 Å². The topological polar surface area (TPSA) is 58.2 Å². The molecule has 0 aliphatic rings. The van der Waals surface area contributed by atoms with Crippen molar-refractivity contribution in [3.63, 3.8) is 0 Å². The third kappa shape index (κ3) is 5.22. The van der Waals surface area contributed by atoms with Crippen LogP contribution in [-0.4, -0.2) is 18.0 Å². The van der Waals surface area contributed by atoms with E-state index in [4.69, 9.17) is 0 Å². The lowest BCUT2D eigenvalue weighted by atomic mass is 10.1. The Balaban J connectivity index is 2.22. The predicted octanol–water partition coefficient (Wildman–Crippen LogP) is 4.14. The van der Waals surface area contributed by atoms with E-state index >= 15 is 0 Å². The highest BCUT2D eigenvalue weighted by Gasteiger charge is 2.38. The van der Waals surface area contributed by atoms with Crippen LogP contribution in [0.4, 0.5) is 32.0 Å². The van der Waals surface area contributed by atoms with Crippen molar-refractivity contribution < 1.29 is 35.9 Å². The van der Waals surface area contributed by atoms with Crippen LogP contribution in [0, 0.1) is 0 Å². The van der Waals surface area contributed by atoms with Crippen molar-refractivity contribution in [2.75, 3.05) is 5.32 Å². The van der Waals surface area contributed by atoms with Crippen LogP contribution in [0.1, 0.15) is 21.5 Å². The Labute approximate surface area is 149 Å². The molecule has 0 radical (unpaired) electrons. The van der Waals surface area contributed by atoms with Gasteiger partial charge in [0.1, 0.15) is 0 Å². The molecule has 0 aliphatic heterocycles. The molecule has 0 atom stereocenters. The first-order valence-electron chi connectivity index (χ1n) is 7.40. The molecule has 0 saturated carbocycles. The van der Waals surface area contributed by atoms with E-state index < -0.39 is 41.8 Å². The lowest BCUT2D eigenvalue weighted by Crippen LogP contribution is -2.36. The van der Waals surface area contributed by atoms with E-state index in [1.54, 1.807) is 5.32 Å². The van der Waals surface area contributed by atoms with E-state index in [0.29, 0.717) is 0 Å². The van der Waals surface area contributed by atoms with Gasteiger partial charge >= 0.3 is 18.3 Å². The number of amides is 2. The molecule has 27 heavy (non-hydrogen) atoms. The molecule has 2 aromatic rings. The summed E-state index contributed by atoms with van der Waals surface area (Å²) >= 11 is 0. The Morgan fingerprint density at radius 2 is 1.44 bits per heavy atom. The average molecular weight is 390 g/mol. The molecule has 0 bridgehead atoms. The Morgan fingerprint density at radius 1 is 0.852 bits per heavy atom. The molecule has 0 spiro atoms. The first kappa shape index (κ1) is 20.3. The first-order valence-corrected chi connectivity index (χ1v) is 7.40. The van der Waals surface area contributed by atoms with E-state index in [2.05, 4.69) is 5.32 Å². The van der Waals surface area contributed by atoms with Crippen molar-refractivity contribution in [3.05, 3.63) is 65.2 Å². The van der Waals surface area contributed by atoms with Crippen molar-refractivity contribution in [1.29, 1.82) is 0 Å². The second-order valence-corrected chi connectivity index (χ2v) is 5.34. The minimum absolute atomic E-state index is 0.0260. The minimum Gasteiger partial charge on any atom is -0.344 e. The van der Waals surface area contributed by atoms with E-state index in [-0.39, 0.29) is 11.3 Å². The highest BCUT2D eigenvalue weighted by atomic mass is 19.4. The largest absolute Gasteiger partial charge is 0.471 e. The van der Waals surface area contributed by atoms with E-state index in [1.807, 2.05) is 0 Å². The summed E-state index contributed by atoms with van der Waals surface area (Å²) in [5.41, 5.74) is -1.72. The summed E-state index contributed by atoms with van der Waals surface area (Å²) in [5, 5.41) is 3.86. The highest BCUT2D eigenvalue weighted by molar-refractivity contribution is 6.05. The maximum absolute atomic E-state index is 13.0. The van der Waals surface area contributed by atoms with Gasteiger partial charge in [-0.15, -0.1) is 0 Å². The SMILES string of the molecule is O=C(Nc1ccccc1CNC(=O)C(F)(F)F)c1ccccc1C(F)(F)F. The summed E-state index contributed by atoms with van der Waals surface area (Å²) in [5.74, 6) is -3.26. The van der Waals surface area contributed by atoms with Gasteiger partial charge in [0.05, 0.1) is 11.1 Å². The summed E-state index contributed by atoms with van der Waals surface area (Å²) in [6.07, 6.45) is -9.84. The van der Waals surface area contributed by atoms with Crippen LogP contribution >= 0.6 is 0 Å². The second kappa shape index (κ2) is 7.68. The molecule has 0 aliphatic carbocycles. The molecule has 0 heterocycles. The van der Waals surface area contributed by atoms with Crippen molar-refractivity contribution in [2.45, 2.75) is 18.9 Å². The number of halogens is 6. The van der Waals surface area contributed by atoms with Crippen LogP contribution in [0.15, 0.2) is 48.5 Å². The summed E-state index contributed by atoms with van der Waals surface area (Å²) < 4.78 is 75.8. The average Bonchev–Trinajstić information content (AvgIpc) is 2.59. The van der Waals surface area contributed by atoms with Gasteiger partial charge in [0.15, 0.2) is 0 Å². The Bertz CT molecular complexity index is 846. The number of para-hydroxylation sites is 1.